The van der Waals surface area contributed by atoms with E-state index in [1.807, 2.05) is 0 Å². The first-order valence-corrected chi connectivity index (χ1v) is 11.4. The highest BCUT2D eigenvalue weighted by molar-refractivity contribution is 7.98. The van der Waals surface area contributed by atoms with Crippen LogP contribution in [0.3, 0.4) is 0 Å². The third-order valence-electron chi connectivity index (χ3n) is 4.09. The fourth-order valence-electron chi connectivity index (χ4n) is 2.33. The minimum atomic E-state index is -1.47. The van der Waals surface area contributed by atoms with Crippen LogP contribution in [-0.2, 0) is 28.8 Å². The number of thiol groups is 1. The van der Waals surface area contributed by atoms with Gasteiger partial charge in [0.05, 0.1) is 12.5 Å². The molecule has 0 bridgehead atoms. The van der Waals surface area contributed by atoms with Gasteiger partial charge in [-0.15, -0.1) is 0 Å². The Morgan fingerprint density at radius 1 is 0.906 bits per heavy atom. The second-order valence-corrected chi connectivity index (χ2v) is 8.05. The third kappa shape index (κ3) is 11.8. The Labute approximate surface area is 194 Å². The van der Waals surface area contributed by atoms with Crippen LogP contribution in [0.4, 0.5) is 0 Å². The zero-order valence-corrected chi connectivity index (χ0v) is 19.1. The molecule has 4 unspecified atom stereocenters. The van der Waals surface area contributed by atoms with E-state index in [0.717, 1.165) is 0 Å². The summed E-state index contributed by atoms with van der Waals surface area (Å²) in [6, 6.07) is -5.17. The lowest BCUT2D eigenvalue weighted by molar-refractivity contribution is -0.142. The van der Waals surface area contributed by atoms with Gasteiger partial charge in [0, 0.05) is 12.2 Å². The average molecular weight is 496 g/mol. The van der Waals surface area contributed by atoms with E-state index in [9.17, 15) is 28.8 Å². The molecule has 0 aromatic heterocycles. The first-order valence-electron chi connectivity index (χ1n) is 9.42. The number of carboxylic acids is 2. The van der Waals surface area contributed by atoms with Gasteiger partial charge in [-0.3, -0.25) is 24.0 Å². The van der Waals surface area contributed by atoms with Crippen molar-refractivity contribution in [1.29, 1.82) is 0 Å². The first kappa shape index (κ1) is 29.5. The molecule has 0 rings (SSSR count). The van der Waals surface area contributed by atoms with E-state index in [-0.39, 0.29) is 25.0 Å². The summed E-state index contributed by atoms with van der Waals surface area (Å²) in [6.45, 7) is 0. The van der Waals surface area contributed by atoms with Crippen LogP contribution in [0.1, 0.15) is 25.7 Å². The lowest BCUT2D eigenvalue weighted by Gasteiger charge is -2.24. The summed E-state index contributed by atoms with van der Waals surface area (Å²) in [7, 11) is 0. The van der Waals surface area contributed by atoms with Crippen molar-refractivity contribution < 1.29 is 39.0 Å². The first-order chi connectivity index (χ1) is 14.9. The number of aliphatic carboxylic acids is 2. The van der Waals surface area contributed by atoms with Crippen molar-refractivity contribution in [2.75, 3.05) is 17.8 Å². The molecule has 0 heterocycles. The fraction of sp³-hybridized carbons (Fsp3) is 0.647. The Balaban J connectivity index is 5.36. The van der Waals surface area contributed by atoms with Gasteiger partial charge < -0.3 is 37.6 Å². The maximum atomic E-state index is 12.7. The van der Waals surface area contributed by atoms with E-state index in [0.29, 0.717) is 5.75 Å². The molecule has 4 amide bonds. The highest BCUT2D eigenvalue weighted by Gasteiger charge is 2.30. The van der Waals surface area contributed by atoms with Gasteiger partial charge in [-0.1, -0.05) is 0 Å². The highest BCUT2D eigenvalue weighted by Crippen LogP contribution is 2.05. The molecule has 9 N–H and O–H groups in total. The number of rotatable bonds is 16. The topological polar surface area (TPSA) is 231 Å². The molecular formula is C17H29N5O8S2. The zero-order valence-electron chi connectivity index (χ0n) is 17.4. The van der Waals surface area contributed by atoms with Crippen LogP contribution >= 0.6 is 24.4 Å². The second-order valence-electron chi connectivity index (χ2n) is 6.70. The maximum absolute atomic E-state index is 12.7. The SMILES string of the molecule is CSCCC(NC(=O)C(CC(N)=O)NC(=O)C(N)CCC(=O)O)C(=O)NC(CS)C(=O)O. The van der Waals surface area contributed by atoms with Gasteiger partial charge in [0.15, 0.2) is 0 Å². The van der Waals surface area contributed by atoms with Crippen LogP contribution in [0.15, 0.2) is 0 Å². The molecule has 0 spiro atoms. The molecule has 32 heavy (non-hydrogen) atoms. The number of thioether (sulfide) groups is 1. The van der Waals surface area contributed by atoms with Crippen molar-refractivity contribution in [2.45, 2.75) is 49.9 Å². The molecule has 4 atom stereocenters. The predicted molar refractivity (Wildman–Crippen MR) is 119 cm³/mol. The number of hydrogen-bond donors (Lipinski definition) is 8. The molecule has 0 radical (unpaired) electrons. The van der Waals surface area contributed by atoms with Gasteiger partial charge >= 0.3 is 11.9 Å². The number of nitrogens with two attached hydrogens (primary N) is 2. The Bertz CT molecular complexity index is 708. The summed E-state index contributed by atoms with van der Waals surface area (Å²) in [4.78, 5) is 70.5. The number of nitrogens with one attached hydrogen (secondary N) is 3. The number of carboxylic acid groups (broad SMARTS) is 2. The largest absolute Gasteiger partial charge is 0.481 e. The normalized spacial score (nSPS) is 14.3. The van der Waals surface area contributed by atoms with E-state index >= 15 is 0 Å². The minimum Gasteiger partial charge on any atom is -0.481 e. The smallest absolute Gasteiger partial charge is 0.327 e. The molecule has 13 nitrogen and oxygen atoms in total. The van der Waals surface area contributed by atoms with E-state index in [2.05, 4.69) is 28.6 Å². The Morgan fingerprint density at radius 2 is 1.44 bits per heavy atom. The van der Waals surface area contributed by atoms with Gasteiger partial charge in [-0.2, -0.15) is 24.4 Å². The van der Waals surface area contributed by atoms with Crippen molar-refractivity contribution in [2.24, 2.45) is 11.5 Å². The second kappa shape index (κ2) is 15.3. The Kier molecular flexibility index (Phi) is 14.1. The molecule has 0 saturated carbocycles. The van der Waals surface area contributed by atoms with Crippen LogP contribution in [0.2, 0.25) is 0 Å². The summed E-state index contributed by atoms with van der Waals surface area (Å²) in [5, 5.41) is 24.6. The van der Waals surface area contributed by atoms with E-state index in [1.54, 1.807) is 6.26 Å². The number of amides is 4. The fourth-order valence-corrected chi connectivity index (χ4v) is 3.05. The van der Waals surface area contributed by atoms with Gasteiger partial charge in [0.2, 0.25) is 23.6 Å². The van der Waals surface area contributed by atoms with E-state index in [1.165, 1.54) is 11.8 Å². The van der Waals surface area contributed by atoms with Gasteiger partial charge in [0.1, 0.15) is 18.1 Å². The van der Waals surface area contributed by atoms with Crippen LogP contribution < -0.4 is 27.4 Å². The molecule has 182 valence electrons. The summed E-state index contributed by atoms with van der Waals surface area (Å²) in [5.74, 6) is -5.71. The molecular weight excluding hydrogens is 466 g/mol. The number of hydrogen-bond acceptors (Lipinski definition) is 9. The van der Waals surface area contributed by atoms with Crippen LogP contribution in [0, 0.1) is 0 Å². The Hall–Kier alpha value is -2.52. The third-order valence-corrected chi connectivity index (χ3v) is 5.09. The van der Waals surface area contributed by atoms with Gasteiger partial charge in [0.25, 0.3) is 0 Å². The lowest BCUT2D eigenvalue weighted by atomic mass is 10.1. The van der Waals surface area contributed by atoms with Crippen LogP contribution in [0.25, 0.3) is 0 Å². The molecule has 0 aliphatic rings. The molecule has 0 aromatic carbocycles. The maximum Gasteiger partial charge on any atom is 0.327 e. The monoisotopic (exact) mass is 495 g/mol. The lowest BCUT2D eigenvalue weighted by Crippen LogP contribution is -2.58. The van der Waals surface area contributed by atoms with Crippen molar-refractivity contribution in [3.8, 4) is 0 Å². The van der Waals surface area contributed by atoms with Crippen molar-refractivity contribution in [1.82, 2.24) is 16.0 Å². The van der Waals surface area contributed by atoms with Gasteiger partial charge in [-0.25, -0.2) is 4.79 Å². The minimum absolute atomic E-state index is 0.132. The van der Waals surface area contributed by atoms with Crippen LogP contribution in [-0.4, -0.2) is 87.7 Å². The molecule has 0 fully saturated rings. The van der Waals surface area contributed by atoms with E-state index < -0.39 is 66.2 Å². The number of primary amides is 1. The summed E-state index contributed by atoms with van der Waals surface area (Å²) < 4.78 is 0. The van der Waals surface area contributed by atoms with Crippen molar-refractivity contribution >= 4 is 60.0 Å². The molecule has 0 aliphatic carbocycles. The summed E-state index contributed by atoms with van der Waals surface area (Å²) in [6.07, 6.45) is 0.708. The summed E-state index contributed by atoms with van der Waals surface area (Å²) in [5.41, 5.74) is 10.7. The molecule has 15 heteroatoms. The average Bonchev–Trinajstić information content (AvgIpc) is 2.71. The summed E-state index contributed by atoms with van der Waals surface area (Å²) >= 11 is 5.24. The Morgan fingerprint density at radius 3 is 1.91 bits per heavy atom. The van der Waals surface area contributed by atoms with E-state index in [4.69, 9.17) is 21.7 Å². The molecule has 0 saturated heterocycles. The standard InChI is InChI=1S/C17H29N5O8S2/c1-32-5-4-9(15(27)22-11(7-31)17(29)30)20-16(28)10(6-12(19)23)21-14(26)8(18)2-3-13(24)25/h8-11,31H,2-7,18H2,1H3,(H2,19,23)(H,20,28)(H,21,26)(H,22,27)(H,24,25)(H,29,30). The van der Waals surface area contributed by atoms with Crippen molar-refractivity contribution in [3.63, 3.8) is 0 Å². The van der Waals surface area contributed by atoms with Gasteiger partial charge in [-0.05, 0) is 24.9 Å². The number of carbonyl (C=O) groups excluding carboxylic acids is 4. The predicted octanol–water partition coefficient (Wildman–Crippen LogP) is -2.72. The quantitative estimate of drug-likeness (QED) is 0.103. The van der Waals surface area contributed by atoms with Crippen molar-refractivity contribution in [3.05, 3.63) is 0 Å². The highest BCUT2D eigenvalue weighted by atomic mass is 32.2. The number of carbonyl (C=O) groups is 6. The molecule has 0 aromatic rings. The van der Waals surface area contributed by atoms with Crippen LogP contribution in [0.5, 0.6) is 0 Å². The molecule has 0 aliphatic heterocycles. The zero-order chi connectivity index (χ0) is 24.8.